The van der Waals surface area contributed by atoms with Gasteiger partial charge in [0.1, 0.15) is 6.29 Å². The number of aldehydes is 1. The highest BCUT2D eigenvalue weighted by Gasteiger charge is 2.11. The Bertz CT molecular complexity index is 228. The molecular weight excluding hydrogens is 244 g/mol. The number of methoxy groups -OCH3 is 1. The molecule has 1 atom stereocenters. The number of hydrogen-bond acceptors (Lipinski definition) is 4. The van der Waals surface area contributed by atoms with Crippen LogP contribution < -0.4 is 0 Å². The maximum absolute atomic E-state index is 11.5. The Balaban J connectivity index is 3.53. The molecule has 4 heteroatoms. The van der Waals surface area contributed by atoms with Gasteiger partial charge in [-0.2, -0.15) is 0 Å². The summed E-state index contributed by atoms with van der Waals surface area (Å²) in [7, 11) is 1.58. The third-order valence-electron chi connectivity index (χ3n) is 3.05. The van der Waals surface area contributed by atoms with Crippen LogP contribution in [0.1, 0.15) is 58.3 Å². The molecule has 0 aromatic heterocycles. The molecule has 0 radical (unpaired) electrons. The van der Waals surface area contributed by atoms with Crippen molar-refractivity contribution in [2.75, 3.05) is 20.3 Å². The summed E-state index contributed by atoms with van der Waals surface area (Å²) in [5, 5.41) is 0. The van der Waals surface area contributed by atoms with Crippen molar-refractivity contribution in [2.45, 2.75) is 58.3 Å². The molecule has 0 fully saturated rings. The van der Waals surface area contributed by atoms with Crippen molar-refractivity contribution in [3.63, 3.8) is 0 Å². The Hall–Kier alpha value is -0.900. The van der Waals surface area contributed by atoms with Crippen molar-refractivity contribution in [1.29, 1.82) is 0 Å². The van der Waals surface area contributed by atoms with Gasteiger partial charge in [-0.1, -0.05) is 39.0 Å². The van der Waals surface area contributed by atoms with Gasteiger partial charge in [0.15, 0.2) is 0 Å². The molecule has 112 valence electrons. The lowest BCUT2D eigenvalue weighted by Gasteiger charge is -2.13. The van der Waals surface area contributed by atoms with Gasteiger partial charge in [-0.3, -0.25) is 4.79 Å². The van der Waals surface area contributed by atoms with Crippen LogP contribution in [-0.2, 0) is 19.1 Å². The van der Waals surface area contributed by atoms with Gasteiger partial charge in [0, 0.05) is 25.9 Å². The zero-order valence-corrected chi connectivity index (χ0v) is 12.4. The van der Waals surface area contributed by atoms with Crippen molar-refractivity contribution in [3.8, 4) is 0 Å². The fourth-order valence-electron chi connectivity index (χ4n) is 1.89. The van der Waals surface area contributed by atoms with Crippen LogP contribution in [0.25, 0.3) is 0 Å². The number of carbonyl (C=O) groups excluding carboxylic acids is 2. The van der Waals surface area contributed by atoms with Crippen molar-refractivity contribution >= 4 is 12.3 Å². The normalized spacial score (nSPS) is 12.1. The van der Waals surface area contributed by atoms with E-state index in [2.05, 4.69) is 6.92 Å². The van der Waals surface area contributed by atoms with Crippen LogP contribution in [-0.4, -0.2) is 32.6 Å². The number of rotatable bonds is 13. The third kappa shape index (κ3) is 11.9. The molecule has 0 saturated carbocycles. The average Bonchev–Trinajstić information content (AvgIpc) is 2.40. The van der Waals surface area contributed by atoms with E-state index < -0.39 is 0 Å². The monoisotopic (exact) mass is 272 g/mol. The van der Waals surface area contributed by atoms with Crippen LogP contribution in [0, 0.1) is 5.92 Å². The molecule has 0 N–H and O–H groups in total. The molecule has 0 aliphatic rings. The van der Waals surface area contributed by atoms with Crippen LogP contribution in [0.2, 0.25) is 0 Å². The van der Waals surface area contributed by atoms with Gasteiger partial charge in [-0.05, 0) is 6.42 Å². The zero-order valence-electron chi connectivity index (χ0n) is 12.4. The molecule has 0 saturated heterocycles. The van der Waals surface area contributed by atoms with E-state index in [4.69, 9.17) is 9.47 Å². The molecule has 0 spiro atoms. The molecule has 0 rings (SSSR count). The summed E-state index contributed by atoms with van der Waals surface area (Å²) in [6.07, 6.45) is 8.63. The Kier molecular flexibility index (Phi) is 12.9. The summed E-state index contributed by atoms with van der Waals surface area (Å²) in [5.41, 5.74) is 0. The van der Waals surface area contributed by atoms with Crippen LogP contribution in [0.3, 0.4) is 0 Å². The van der Waals surface area contributed by atoms with E-state index >= 15 is 0 Å². The quantitative estimate of drug-likeness (QED) is 0.294. The van der Waals surface area contributed by atoms with Crippen LogP contribution in [0.5, 0.6) is 0 Å². The maximum Gasteiger partial charge on any atom is 0.305 e. The van der Waals surface area contributed by atoms with E-state index in [1.165, 1.54) is 25.7 Å². The first-order chi connectivity index (χ1) is 9.24. The molecule has 0 aliphatic heterocycles. The van der Waals surface area contributed by atoms with Gasteiger partial charge in [0.05, 0.1) is 13.2 Å². The summed E-state index contributed by atoms with van der Waals surface area (Å²) in [6, 6.07) is 0. The number of carbonyl (C=O) groups is 2. The highest BCUT2D eigenvalue weighted by Crippen LogP contribution is 2.08. The molecule has 0 aliphatic carbocycles. The smallest absolute Gasteiger partial charge is 0.305 e. The van der Waals surface area contributed by atoms with E-state index in [1.807, 2.05) is 0 Å². The first-order valence-electron chi connectivity index (χ1n) is 7.32. The minimum Gasteiger partial charge on any atom is -0.465 e. The van der Waals surface area contributed by atoms with Crippen molar-refractivity contribution in [2.24, 2.45) is 5.92 Å². The van der Waals surface area contributed by atoms with Crippen LogP contribution in [0.15, 0.2) is 0 Å². The van der Waals surface area contributed by atoms with E-state index in [9.17, 15) is 9.59 Å². The van der Waals surface area contributed by atoms with E-state index in [1.54, 1.807) is 7.11 Å². The van der Waals surface area contributed by atoms with Gasteiger partial charge in [0.2, 0.25) is 0 Å². The van der Waals surface area contributed by atoms with Gasteiger partial charge >= 0.3 is 5.97 Å². The molecule has 0 aromatic carbocycles. The largest absolute Gasteiger partial charge is 0.465 e. The Labute approximate surface area is 116 Å². The second-order valence-corrected chi connectivity index (χ2v) is 4.92. The van der Waals surface area contributed by atoms with E-state index in [0.717, 1.165) is 19.1 Å². The highest BCUT2D eigenvalue weighted by molar-refractivity contribution is 5.69. The molecule has 4 nitrogen and oxygen atoms in total. The fourth-order valence-corrected chi connectivity index (χ4v) is 1.89. The predicted molar refractivity (Wildman–Crippen MR) is 75.0 cm³/mol. The molecule has 0 amide bonds. The predicted octanol–water partition coefficient (Wildman–Crippen LogP) is 3.13. The minimum absolute atomic E-state index is 0.0176. The average molecular weight is 272 g/mol. The maximum atomic E-state index is 11.5. The van der Waals surface area contributed by atoms with Crippen LogP contribution in [0.4, 0.5) is 0 Å². The molecule has 0 bridgehead atoms. The van der Waals surface area contributed by atoms with E-state index in [0.29, 0.717) is 19.4 Å². The topological polar surface area (TPSA) is 52.6 Å². The summed E-state index contributed by atoms with van der Waals surface area (Å²) >= 11 is 0. The molecule has 1 unspecified atom stereocenters. The Morgan fingerprint density at radius 3 is 2.42 bits per heavy atom. The lowest BCUT2D eigenvalue weighted by molar-refractivity contribution is -0.146. The van der Waals surface area contributed by atoms with Gasteiger partial charge in [-0.25, -0.2) is 0 Å². The Morgan fingerprint density at radius 2 is 1.79 bits per heavy atom. The number of ether oxygens (including phenoxy) is 2. The second kappa shape index (κ2) is 13.5. The fraction of sp³-hybridized carbons (Fsp3) is 0.867. The first-order valence-corrected chi connectivity index (χ1v) is 7.32. The zero-order chi connectivity index (χ0) is 14.3. The van der Waals surface area contributed by atoms with Crippen molar-refractivity contribution < 1.29 is 19.1 Å². The number of unbranched alkanes of at least 4 members (excludes halogenated alkanes) is 5. The van der Waals surface area contributed by atoms with Gasteiger partial charge < -0.3 is 14.3 Å². The second-order valence-electron chi connectivity index (χ2n) is 4.92. The van der Waals surface area contributed by atoms with E-state index in [-0.39, 0.29) is 18.5 Å². The molecule has 0 aromatic rings. The first kappa shape index (κ1) is 18.1. The molecule has 0 heterocycles. The number of hydrogen-bond donors (Lipinski definition) is 0. The van der Waals surface area contributed by atoms with Gasteiger partial charge in [-0.15, -0.1) is 0 Å². The lowest BCUT2D eigenvalue weighted by Crippen LogP contribution is -2.18. The van der Waals surface area contributed by atoms with Crippen molar-refractivity contribution in [3.05, 3.63) is 0 Å². The summed E-state index contributed by atoms with van der Waals surface area (Å²) in [5.74, 6) is -0.182. The third-order valence-corrected chi connectivity index (χ3v) is 3.05. The lowest BCUT2D eigenvalue weighted by atomic mass is 10.1. The SMILES string of the molecule is CCCCCCCCC(=O)OCC(CC=O)COC. The minimum atomic E-state index is -0.164. The van der Waals surface area contributed by atoms with Gasteiger partial charge in [0.25, 0.3) is 0 Å². The summed E-state index contributed by atoms with van der Waals surface area (Å²) in [4.78, 5) is 21.9. The highest BCUT2D eigenvalue weighted by atomic mass is 16.5. The van der Waals surface area contributed by atoms with Crippen molar-refractivity contribution in [1.82, 2.24) is 0 Å². The molecular formula is C15H28O4. The Morgan fingerprint density at radius 1 is 1.11 bits per heavy atom. The standard InChI is InChI=1S/C15H28O4/c1-3-4-5-6-7-8-9-15(17)19-13-14(10-11-16)12-18-2/h11,14H,3-10,12-13H2,1-2H3. The number of esters is 1. The summed E-state index contributed by atoms with van der Waals surface area (Å²) in [6.45, 7) is 2.91. The molecule has 19 heavy (non-hydrogen) atoms. The summed E-state index contributed by atoms with van der Waals surface area (Å²) < 4.78 is 10.1. The van der Waals surface area contributed by atoms with Crippen LogP contribution >= 0.6 is 0 Å².